The Balaban J connectivity index is 1.84. The van der Waals surface area contributed by atoms with Crippen LogP contribution in [0.1, 0.15) is 18.1 Å². The van der Waals surface area contributed by atoms with Crippen molar-refractivity contribution >= 4 is 46.6 Å². The molecule has 0 aliphatic carbocycles. The van der Waals surface area contributed by atoms with E-state index in [4.69, 9.17) is 11.6 Å². The topological polar surface area (TPSA) is 58.2 Å². The molecule has 2 rings (SSSR count). The summed E-state index contributed by atoms with van der Waals surface area (Å²) < 4.78 is 0. The van der Waals surface area contributed by atoms with Crippen LogP contribution in [0.3, 0.4) is 0 Å². The zero-order valence-electron chi connectivity index (χ0n) is 14.4. The van der Waals surface area contributed by atoms with Crippen molar-refractivity contribution in [3.05, 3.63) is 58.6 Å². The average molecular weight is 377 g/mol. The van der Waals surface area contributed by atoms with Crippen molar-refractivity contribution in [3.8, 4) is 0 Å². The molecule has 0 aromatic heterocycles. The first kappa shape index (κ1) is 19.3. The number of amides is 2. The van der Waals surface area contributed by atoms with Gasteiger partial charge in [-0.15, -0.1) is 11.8 Å². The molecule has 1 atom stereocenters. The summed E-state index contributed by atoms with van der Waals surface area (Å²) in [5, 5.41) is 5.94. The molecule has 132 valence electrons. The minimum atomic E-state index is -0.360. The smallest absolute Gasteiger partial charge is 0.237 e. The van der Waals surface area contributed by atoms with Crippen LogP contribution < -0.4 is 10.6 Å². The highest BCUT2D eigenvalue weighted by molar-refractivity contribution is 8.01. The van der Waals surface area contributed by atoms with Gasteiger partial charge in [0.05, 0.1) is 11.0 Å². The zero-order valence-corrected chi connectivity index (χ0v) is 16.0. The first-order chi connectivity index (χ1) is 11.9. The molecule has 2 amide bonds. The Kier molecular flexibility index (Phi) is 6.91. The molecule has 0 heterocycles. The van der Waals surface area contributed by atoms with Gasteiger partial charge in [0.15, 0.2) is 0 Å². The van der Waals surface area contributed by atoms with Gasteiger partial charge >= 0.3 is 0 Å². The summed E-state index contributed by atoms with van der Waals surface area (Å²) >= 11 is 7.35. The quantitative estimate of drug-likeness (QED) is 0.771. The van der Waals surface area contributed by atoms with Gasteiger partial charge in [-0.3, -0.25) is 9.59 Å². The highest BCUT2D eigenvalue weighted by atomic mass is 35.5. The Morgan fingerprint density at radius 3 is 2.56 bits per heavy atom. The highest BCUT2D eigenvalue weighted by Crippen LogP contribution is 2.24. The molecule has 0 bridgehead atoms. The minimum Gasteiger partial charge on any atom is -0.325 e. The average Bonchev–Trinajstić information content (AvgIpc) is 2.56. The molecule has 25 heavy (non-hydrogen) atoms. The van der Waals surface area contributed by atoms with E-state index in [0.717, 1.165) is 16.8 Å². The lowest BCUT2D eigenvalue weighted by atomic mass is 10.2. The van der Waals surface area contributed by atoms with Crippen LogP contribution in [0.5, 0.6) is 0 Å². The van der Waals surface area contributed by atoms with E-state index >= 15 is 0 Å². The second-order valence-electron chi connectivity index (χ2n) is 5.77. The van der Waals surface area contributed by atoms with Gasteiger partial charge in [-0.2, -0.15) is 0 Å². The van der Waals surface area contributed by atoms with E-state index in [0.29, 0.717) is 10.7 Å². The number of halogens is 1. The minimum absolute atomic E-state index is 0.130. The van der Waals surface area contributed by atoms with Crippen LogP contribution in [0.15, 0.2) is 42.5 Å². The normalized spacial score (nSPS) is 11.7. The summed E-state index contributed by atoms with van der Waals surface area (Å²) in [7, 11) is 0. The fourth-order valence-electron chi connectivity index (χ4n) is 2.17. The van der Waals surface area contributed by atoms with Crippen LogP contribution in [0.4, 0.5) is 11.4 Å². The fraction of sp³-hybridized carbons (Fsp3) is 0.263. The number of hydrogen-bond acceptors (Lipinski definition) is 3. The number of thioether (sulfide) groups is 1. The molecule has 4 nitrogen and oxygen atoms in total. The molecular weight excluding hydrogens is 356 g/mol. The molecule has 0 aliphatic rings. The Labute approximate surface area is 157 Å². The van der Waals surface area contributed by atoms with Crippen molar-refractivity contribution in [3.63, 3.8) is 0 Å². The van der Waals surface area contributed by atoms with Crippen molar-refractivity contribution in [2.45, 2.75) is 26.0 Å². The number of rotatable bonds is 6. The molecule has 6 heteroatoms. The monoisotopic (exact) mass is 376 g/mol. The summed E-state index contributed by atoms with van der Waals surface area (Å²) in [6.07, 6.45) is 0. The van der Waals surface area contributed by atoms with E-state index in [1.54, 1.807) is 25.1 Å². The Hall–Kier alpha value is -1.98. The lowest BCUT2D eigenvalue weighted by Crippen LogP contribution is -2.25. The first-order valence-electron chi connectivity index (χ1n) is 7.91. The second-order valence-corrected chi connectivity index (χ2v) is 7.51. The van der Waals surface area contributed by atoms with E-state index in [-0.39, 0.29) is 22.8 Å². The van der Waals surface area contributed by atoms with Gasteiger partial charge < -0.3 is 10.6 Å². The summed E-state index contributed by atoms with van der Waals surface area (Å²) in [5.74, 6) is -0.0789. The highest BCUT2D eigenvalue weighted by Gasteiger charge is 2.16. The number of hydrogen-bond donors (Lipinski definition) is 2. The number of aryl methyl sites for hydroxylation is 1. The summed E-state index contributed by atoms with van der Waals surface area (Å²) in [4.78, 5) is 24.3. The van der Waals surface area contributed by atoms with Crippen LogP contribution in [0.25, 0.3) is 0 Å². The van der Waals surface area contributed by atoms with E-state index in [2.05, 4.69) is 10.6 Å². The molecule has 2 N–H and O–H groups in total. The van der Waals surface area contributed by atoms with Crippen LogP contribution in [-0.2, 0) is 9.59 Å². The molecule has 0 aliphatic heterocycles. The largest absolute Gasteiger partial charge is 0.325 e. The van der Waals surface area contributed by atoms with Gasteiger partial charge in [-0.1, -0.05) is 29.8 Å². The summed E-state index contributed by atoms with van der Waals surface area (Å²) in [6, 6.07) is 13.0. The fourth-order valence-corrected chi connectivity index (χ4v) is 3.03. The third-order valence-electron chi connectivity index (χ3n) is 3.66. The number of carbonyl (C=O) groups is 2. The van der Waals surface area contributed by atoms with E-state index in [1.165, 1.54) is 11.8 Å². The number of benzene rings is 2. The van der Waals surface area contributed by atoms with Gasteiger partial charge in [0, 0.05) is 16.4 Å². The van der Waals surface area contributed by atoms with E-state index < -0.39 is 0 Å². The van der Waals surface area contributed by atoms with Gasteiger partial charge in [0.25, 0.3) is 0 Å². The standard InChI is InChI=1S/C19H21ClN2O2S/c1-12-6-4-7-15(10-12)21-18(23)11-25-14(3)19(24)22-17-9-5-8-16(20)13(17)2/h4-10,14H,11H2,1-3H3,(H,21,23)(H,22,24)/t14-/m1/s1. The first-order valence-corrected chi connectivity index (χ1v) is 9.33. The van der Waals surface area contributed by atoms with Crippen molar-refractivity contribution in [2.75, 3.05) is 16.4 Å². The number of carbonyl (C=O) groups excluding carboxylic acids is 2. The predicted molar refractivity (Wildman–Crippen MR) is 107 cm³/mol. The molecule has 0 radical (unpaired) electrons. The van der Waals surface area contributed by atoms with Gasteiger partial charge in [-0.25, -0.2) is 0 Å². The third-order valence-corrected chi connectivity index (χ3v) is 5.21. The Morgan fingerprint density at radius 1 is 1.12 bits per heavy atom. The zero-order chi connectivity index (χ0) is 18.4. The van der Waals surface area contributed by atoms with Crippen LogP contribution in [-0.4, -0.2) is 22.8 Å². The summed E-state index contributed by atoms with van der Waals surface area (Å²) in [5.41, 5.74) is 3.36. The van der Waals surface area contributed by atoms with Gasteiger partial charge in [-0.05, 0) is 56.2 Å². The molecule has 2 aromatic rings. The van der Waals surface area contributed by atoms with Crippen molar-refractivity contribution in [2.24, 2.45) is 0 Å². The van der Waals surface area contributed by atoms with Gasteiger partial charge in [0.2, 0.25) is 11.8 Å². The van der Waals surface area contributed by atoms with E-state index in [9.17, 15) is 9.59 Å². The maximum absolute atomic E-state index is 12.3. The number of anilines is 2. The second kappa shape index (κ2) is 8.92. The molecule has 2 aromatic carbocycles. The van der Waals surface area contributed by atoms with Crippen molar-refractivity contribution in [1.82, 2.24) is 0 Å². The maximum Gasteiger partial charge on any atom is 0.237 e. The maximum atomic E-state index is 12.3. The van der Waals surface area contributed by atoms with Crippen molar-refractivity contribution < 1.29 is 9.59 Å². The Bertz CT molecular complexity index is 780. The Morgan fingerprint density at radius 2 is 1.84 bits per heavy atom. The SMILES string of the molecule is Cc1cccc(NC(=O)CS[C@H](C)C(=O)Nc2cccc(Cl)c2C)c1. The van der Waals surface area contributed by atoms with Crippen LogP contribution in [0.2, 0.25) is 5.02 Å². The lowest BCUT2D eigenvalue weighted by molar-refractivity contribution is -0.115. The predicted octanol–water partition coefficient (Wildman–Crippen LogP) is 4.66. The van der Waals surface area contributed by atoms with Crippen LogP contribution >= 0.6 is 23.4 Å². The molecule has 0 fully saturated rings. The molecular formula is C19H21ClN2O2S. The molecule has 0 spiro atoms. The van der Waals surface area contributed by atoms with Crippen LogP contribution in [0, 0.1) is 13.8 Å². The van der Waals surface area contributed by atoms with E-state index in [1.807, 2.05) is 38.1 Å². The molecule has 0 saturated carbocycles. The molecule has 0 unspecified atom stereocenters. The van der Waals surface area contributed by atoms with Crippen molar-refractivity contribution in [1.29, 1.82) is 0 Å². The van der Waals surface area contributed by atoms with Gasteiger partial charge in [0.1, 0.15) is 0 Å². The lowest BCUT2D eigenvalue weighted by Gasteiger charge is -2.14. The number of nitrogens with one attached hydrogen (secondary N) is 2. The summed E-state index contributed by atoms with van der Waals surface area (Å²) in [6.45, 7) is 5.60. The molecule has 0 saturated heterocycles. The third kappa shape index (κ3) is 5.80.